The van der Waals surface area contributed by atoms with Crippen molar-refractivity contribution in [2.24, 2.45) is 17.3 Å². The number of benzene rings is 2. The maximum absolute atomic E-state index is 12.7. The highest BCUT2D eigenvalue weighted by Crippen LogP contribution is 2.51. The Hall–Kier alpha value is -2.57. The van der Waals surface area contributed by atoms with Crippen LogP contribution in [0.4, 0.5) is 0 Å². The smallest absolute Gasteiger partial charge is 0.326 e. The van der Waals surface area contributed by atoms with Gasteiger partial charge in [0.15, 0.2) is 0 Å². The van der Waals surface area contributed by atoms with Gasteiger partial charge in [-0.2, -0.15) is 0 Å². The summed E-state index contributed by atoms with van der Waals surface area (Å²) in [6.07, 6.45) is 0.572. The molecular weight excluding hydrogens is 465 g/mol. The minimum absolute atomic E-state index is 0.0537. The Kier molecular flexibility index (Phi) is 7.70. The molecule has 2 N–H and O–H groups in total. The van der Waals surface area contributed by atoms with Crippen molar-refractivity contribution >= 4 is 40.9 Å². The third kappa shape index (κ3) is 5.68. The summed E-state index contributed by atoms with van der Waals surface area (Å²) in [5, 5.41) is 13.3. The summed E-state index contributed by atoms with van der Waals surface area (Å²) in [6, 6.07) is 11.1. The van der Waals surface area contributed by atoms with Gasteiger partial charge in [-0.15, -0.1) is 0 Å². The quantitative estimate of drug-likeness (QED) is 0.518. The van der Waals surface area contributed by atoms with Crippen molar-refractivity contribution in [1.82, 2.24) is 5.32 Å². The molecule has 6 nitrogen and oxygen atoms in total. The highest BCUT2D eigenvalue weighted by atomic mass is 35.5. The number of nitrogens with one attached hydrogen (secondary N) is 1. The zero-order chi connectivity index (χ0) is 24.3. The van der Waals surface area contributed by atoms with Gasteiger partial charge in [0.1, 0.15) is 24.2 Å². The average Bonchev–Trinajstić information content (AvgIpc) is 2.73. The standard InChI is InChI=1S/C25H27Cl2NO5/c1-14(29)18-12-19(25(18,2)3)23(30)28-22(24(31)32)11-15-7-9-16(10-8-15)33-13-17-20(26)5-4-6-21(17)27/h4-10,18-19,22H,11-13H2,1-3H3,(H,28,30)(H,31,32)/t18-,19+,22-/m0/s1. The van der Waals surface area contributed by atoms with Crippen LogP contribution >= 0.6 is 23.2 Å². The molecule has 0 heterocycles. The minimum Gasteiger partial charge on any atom is -0.489 e. The number of ketones is 1. The number of aliphatic carboxylic acids is 1. The summed E-state index contributed by atoms with van der Waals surface area (Å²) in [6.45, 7) is 5.47. The Bertz CT molecular complexity index is 1030. The molecule has 1 fully saturated rings. The zero-order valence-electron chi connectivity index (χ0n) is 18.7. The summed E-state index contributed by atoms with van der Waals surface area (Å²) in [5.41, 5.74) is 0.937. The van der Waals surface area contributed by atoms with Gasteiger partial charge in [0.05, 0.1) is 0 Å². The Balaban J connectivity index is 1.59. The summed E-state index contributed by atoms with van der Waals surface area (Å²) in [4.78, 5) is 36.2. The van der Waals surface area contributed by atoms with Crippen molar-refractivity contribution in [3.05, 3.63) is 63.6 Å². The van der Waals surface area contributed by atoms with Crippen molar-refractivity contribution in [2.75, 3.05) is 0 Å². The van der Waals surface area contributed by atoms with E-state index in [9.17, 15) is 19.5 Å². The van der Waals surface area contributed by atoms with Crippen molar-refractivity contribution < 1.29 is 24.2 Å². The predicted molar refractivity (Wildman–Crippen MR) is 127 cm³/mol. The van der Waals surface area contributed by atoms with E-state index in [1.54, 1.807) is 42.5 Å². The maximum atomic E-state index is 12.7. The lowest BCUT2D eigenvalue weighted by atomic mass is 9.53. The lowest BCUT2D eigenvalue weighted by molar-refractivity contribution is -0.152. The summed E-state index contributed by atoms with van der Waals surface area (Å²) < 4.78 is 5.75. The van der Waals surface area contributed by atoms with Crippen LogP contribution in [0.3, 0.4) is 0 Å². The predicted octanol–water partition coefficient (Wildman–Crippen LogP) is 4.94. The second-order valence-corrected chi connectivity index (χ2v) is 9.82. The van der Waals surface area contributed by atoms with E-state index >= 15 is 0 Å². The highest BCUT2D eigenvalue weighted by Gasteiger charge is 2.53. The SMILES string of the molecule is CC(=O)[C@@H]1C[C@H](C(=O)N[C@@H](Cc2ccc(OCc3c(Cl)cccc3Cl)cc2)C(=O)O)C1(C)C. The Morgan fingerprint density at radius 1 is 1.09 bits per heavy atom. The van der Waals surface area contributed by atoms with Gasteiger partial charge in [-0.1, -0.05) is 55.2 Å². The van der Waals surface area contributed by atoms with Gasteiger partial charge >= 0.3 is 5.97 Å². The molecule has 0 unspecified atom stereocenters. The molecule has 0 saturated heterocycles. The highest BCUT2D eigenvalue weighted by molar-refractivity contribution is 6.35. The van der Waals surface area contributed by atoms with Gasteiger partial charge in [0.25, 0.3) is 0 Å². The minimum atomic E-state index is -1.11. The second-order valence-electron chi connectivity index (χ2n) is 9.01. The molecule has 1 aliphatic carbocycles. The molecule has 8 heteroatoms. The van der Waals surface area contributed by atoms with Crippen LogP contribution in [0.25, 0.3) is 0 Å². The van der Waals surface area contributed by atoms with Crippen molar-refractivity contribution in [3.63, 3.8) is 0 Å². The van der Waals surface area contributed by atoms with E-state index in [0.717, 1.165) is 5.56 Å². The van der Waals surface area contributed by atoms with Gasteiger partial charge in [-0.25, -0.2) is 4.79 Å². The van der Waals surface area contributed by atoms with Gasteiger partial charge < -0.3 is 15.2 Å². The molecule has 0 spiro atoms. The van der Waals surface area contributed by atoms with Gasteiger partial charge in [-0.05, 0) is 48.6 Å². The first-order valence-electron chi connectivity index (χ1n) is 10.7. The Labute approximate surface area is 203 Å². The molecule has 1 amide bonds. The number of hydrogen-bond donors (Lipinski definition) is 2. The van der Waals surface area contributed by atoms with Crippen molar-refractivity contribution in [2.45, 2.75) is 46.3 Å². The van der Waals surface area contributed by atoms with E-state index in [1.165, 1.54) is 6.92 Å². The molecule has 2 aromatic carbocycles. The molecule has 1 saturated carbocycles. The monoisotopic (exact) mass is 491 g/mol. The number of ether oxygens (including phenoxy) is 1. The van der Waals surface area contributed by atoms with Crippen molar-refractivity contribution in [1.29, 1.82) is 0 Å². The largest absolute Gasteiger partial charge is 0.489 e. The third-order valence-electron chi connectivity index (χ3n) is 6.50. The number of amides is 1. The number of hydrogen-bond acceptors (Lipinski definition) is 4. The Morgan fingerprint density at radius 3 is 2.21 bits per heavy atom. The van der Waals surface area contributed by atoms with Crippen LogP contribution in [-0.2, 0) is 27.4 Å². The average molecular weight is 492 g/mol. The first kappa shape index (κ1) is 25.1. The van der Waals surface area contributed by atoms with E-state index in [2.05, 4.69) is 5.32 Å². The van der Waals surface area contributed by atoms with Crippen LogP contribution in [0.1, 0.15) is 38.3 Å². The number of rotatable bonds is 9. The molecule has 0 aromatic heterocycles. The number of carbonyl (C=O) groups excluding carboxylic acids is 2. The lowest BCUT2D eigenvalue weighted by Gasteiger charge is -2.50. The summed E-state index contributed by atoms with van der Waals surface area (Å²) in [5.74, 6) is -1.38. The molecule has 0 aliphatic heterocycles. The summed E-state index contributed by atoms with van der Waals surface area (Å²) >= 11 is 12.3. The third-order valence-corrected chi connectivity index (χ3v) is 7.21. The fourth-order valence-corrected chi connectivity index (χ4v) is 4.82. The molecule has 3 rings (SSSR count). The van der Waals surface area contributed by atoms with Gasteiger partial charge in [0, 0.05) is 33.9 Å². The lowest BCUT2D eigenvalue weighted by Crippen LogP contribution is -2.57. The van der Waals surface area contributed by atoms with Crippen LogP contribution in [0, 0.1) is 17.3 Å². The fourth-order valence-electron chi connectivity index (χ4n) is 4.32. The van der Waals surface area contributed by atoms with Gasteiger partial charge in [0.2, 0.25) is 5.91 Å². The fraction of sp³-hybridized carbons (Fsp3) is 0.400. The van der Waals surface area contributed by atoms with E-state index in [1.807, 2.05) is 13.8 Å². The first-order chi connectivity index (χ1) is 15.5. The normalized spacial score (nSPS) is 19.8. The molecule has 0 radical (unpaired) electrons. The first-order valence-corrected chi connectivity index (χ1v) is 11.4. The molecule has 33 heavy (non-hydrogen) atoms. The molecule has 3 atom stereocenters. The number of carboxylic acid groups (broad SMARTS) is 1. The van der Waals surface area contributed by atoms with Crippen LogP contribution in [0.2, 0.25) is 10.0 Å². The second kappa shape index (κ2) is 10.1. The number of halogens is 2. The topological polar surface area (TPSA) is 92.7 Å². The zero-order valence-corrected chi connectivity index (χ0v) is 20.2. The van der Waals surface area contributed by atoms with Gasteiger partial charge in [-0.3, -0.25) is 9.59 Å². The molecule has 1 aliphatic rings. The number of carbonyl (C=O) groups is 3. The Morgan fingerprint density at radius 2 is 1.70 bits per heavy atom. The van der Waals surface area contributed by atoms with E-state index in [4.69, 9.17) is 27.9 Å². The van der Waals surface area contributed by atoms with Crippen LogP contribution in [-0.4, -0.2) is 28.8 Å². The molecule has 0 bridgehead atoms. The van der Waals surface area contributed by atoms with Crippen LogP contribution in [0.5, 0.6) is 5.75 Å². The number of Topliss-reactive ketones (excluding diaryl/α,β-unsaturated/α-hetero) is 1. The van der Waals surface area contributed by atoms with Crippen LogP contribution in [0.15, 0.2) is 42.5 Å². The van der Waals surface area contributed by atoms with Crippen LogP contribution < -0.4 is 10.1 Å². The molecule has 2 aromatic rings. The van der Waals surface area contributed by atoms with E-state index in [0.29, 0.717) is 27.8 Å². The molecular formula is C25H27Cl2NO5. The molecule has 176 valence electrons. The summed E-state index contributed by atoms with van der Waals surface area (Å²) in [7, 11) is 0. The van der Waals surface area contributed by atoms with E-state index < -0.39 is 17.4 Å². The maximum Gasteiger partial charge on any atom is 0.326 e. The number of carboxylic acids is 1. The van der Waals surface area contributed by atoms with E-state index in [-0.39, 0.29) is 36.6 Å². The van der Waals surface area contributed by atoms with Crippen molar-refractivity contribution in [3.8, 4) is 5.75 Å².